The van der Waals surface area contributed by atoms with Gasteiger partial charge in [0, 0.05) is 6.54 Å². The fourth-order valence-electron chi connectivity index (χ4n) is 0.771. The van der Waals surface area contributed by atoms with E-state index in [1.54, 1.807) is 6.92 Å². The largest absolute Gasteiger partial charge is 0.392 e. The summed E-state index contributed by atoms with van der Waals surface area (Å²) in [6.45, 7) is 5.86. The predicted octanol–water partition coefficient (Wildman–Crippen LogP) is 0.281. The van der Waals surface area contributed by atoms with Crippen LogP contribution in [0.4, 0.5) is 5.95 Å². The maximum Gasteiger partial charge on any atom is 0.243 e. The number of nitrogens with one attached hydrogen (secondary N) is 1. The second-order valence-corrected chi connectivity index (χ2v) is 3.04. The predicted molar refractivity (Wildman–Crippen MR) is 49.5 cm³/mol. The van der Waals surface area contributed by atoms with Crippen LogP contribution in [0.1, 0.15) is 18.3 Å². The van der Waals surface area contributed by atoms with Gasteiger partial charge in [-0.15, -0.1) is 5.10 Å². The smallest absolute Gasteiger partial charge is 0.243 e. The average Bonchev–Trinajstić information content (AvgIpc) is 2.07. The molecular weight excluding hydrogens is 168 g/mol. The second kappa shape index (κ2) is 4.13. The minimum atomic E-state index is -0.412. The van der Waals surface area contributed by atoms with E-state index in [1.165, 1.54) is 0 Å². The molecule has 72 valence electrons. The van der Waals surface area contributed by atoms with E-state index in [0.717, 1.165) is 11.4 Å². The molecule has 0 bridgehead atoms. The molecule has 0 saturated heterocycles. The molecule has 1 aromatic rings. The van der Waals surface area contributed by atoms with Crippen LogP contribution in [0.15, 0.2) is 0 Å². The first-order valence-electron chi connectivity index (χ1n) is 4.19. The fraction of sp³-hybridized carbons (Fsp3) is 0.625. The van der Waals surface area contributed by atoms with Crippen LogP contribution in [-0.2, 0) is 0 Å². The Kier molecular flexibility index (Phi) is 3.13. The molecule has 13 heavy (non-hydrogen) atoms. The Morgan fingerprint density at radius 3 is 2.54 bits per heavy atom. The van der Waals surface area contributed by atoms with Gasteiger partial charge in [0.25, 0.3) is 0 Å². The van der Waals surface area contributed by atoms with Gasteiger partial charge in [-0.1, -0.05) is 0 Å². The van der Waals surface area contributed by atoms with Crippen LogP contribution in [-0.4, -0.2) is 32.9 Å². The Hall–Kier alpha value is -1.23. The third kappa shape index (κ3) is 2.95. The molecule has 5 heteroatoms. The summed E-state index contributed by atoms with van der Waals surface area (Å²) in [5, 5.41) is 19.6. The molecule has 0 aliphatic heterocycles. The van der Waals surface area contributed by atoms with Gasteiger partial charge < -0.3 is 10.4 Å². The normalized spacial score (nSPS) is 12.6. The van der Waals surface area contributed by atoms with Crippen LogP contribution in [0, 0.1) is 13.8 Å². The molecule has 0 amide bonds. The summed E-state index contributed by atoms with van der Waals surface area (Å²) in [7, 11) is 0. The first kappa shape index (κ1) is 9.85. The number of rotatable bonds is 3. The van der Waals surface area contributed by atoms with Gasteiger partial charge in [0.2, 0.25) is 5.95 Å². The van der Waals surface area contributed by atoms with Crippen molar-refractivity contribution >= 4 is 5.95 Å². The molecule has 2 N–H and O–H groups in total. The molecule has 1 unspecified atom stereocenters. The number of aromatic nitrogens is 3. The summed E-state index contributed by atoms with van der Waals surface area (Å²) in [6, 6.07) is 0. The van der Waals surface area contributed by atoms with Crippen molar-refractivity contribution in [1.82, 2.24) is 15.2 Å². The van der Waals surface area contributed by atoms with Crippen LogP contribution in [0.5, 0.6) is 0 Å². The van der Waals surface area contributed by atoms with Crippen molar-refractivity contribution in [2.24, 2.45) is 0 Å². The Labute approximate surface area is 77.2 Å². The van der Waals surface area contributed by atoms with Gasteiger partial charge in [0.05, 0.1) is 17.5 Å². The first-order chi connectivity index (χ1) is 6.09. The average molecular weight is 182 g/mol. The lowest BCUT2D eigenvalue weighted by Gasteiger charge is -2.06. The van der Waals surface area contributed by atoms with Crippen molar-refractivity contribution in [2.75, 3.05) is 11.9 Å². The highest BCUT2D eigenvalue weighted by Gasteiger charge is 2.01. The molecule has 0 aromatic carbocycles. The number of hydrogen-bond donors (Lipinski definition) is 2. The van der Waals surface area contributed by atoms with Gasteiger partial charge in [-0.25, -0.2) is 4.98 Å². The van der Waals surface area contributed by atoms with Gasteiger partial charge in [-0.05, 0) is 20.8 Å². The molecule has 0 radical (unpaired) electrons. The van der Waals surface area contributed by atoms with Crippen LogP contribution >= 0.6 is 0 Å². The molecule has 1 aromatic heterocycles. The number of anilines is 1. The summed E-state index contributed by atoms with van der Waals surface area (Å²) in [6.07, 6.45) is -0.412. The van der Waals surface area contributed by atoms with Crippen LogP contribution in [0.25, 0.3) is 0 Å². The highest BCUT2D eigenvalue weighted by atomic mass is 16.3. The van der Waals surface area contributed by atoms with E-state index in [9.17, 15) is 0 Å². The minimum absolute atomic E-state index is 0.412. The van der Waals surface area contributed by atoms with E-state index >= 15 is 0 Å². The van der Waals surface area contributed by atoms with Gasteiger partial charge in [-0.3, -0.25) is 0 Å². The molecule has 0 spiro atoms. The fourth-order valence-corrected chi connectivity index (χ4v) is 0.771. The van der Waals surface area contributed by atoms with Crippen molar-refractivity contribution < 1.29 is 5.11 Å². The minimum Gasteiger partial charge on any atom is -0.392 e. The molecule has 0 fully saturated rings. The number of aliphatic hydroxyl groups is 1. The molecular formula is C8H14N4O. The van der Waals surface area contributed by atoms with Gasteiger partial charge in [-0.2, -0.15) is 5.10 Å². The van der Waals surface area contributed by atoms with Crippen molar-refractivity contribution in [3.05, 3.63) is 11.4 Å². The molecule has 0 aliphatic rings. The zero-order valence-corrected chi connectivity index (χ0v) is 8.07. The lowest BCUT2D eigenvalue weighted by Crippen LogP contribution is -2.17. The summed E-state index contributed by atoms with van der Waals surface area (Å²) in [4.78, 5) is 4.15. The van der Waals surface area contributed by atoms with Gasteiger partial charge in [0.1, 0.15) is 0 Å². The van der Waals surface area contributed by atoms with Crippen LogP contribution in [0.2, 0.25) is 0 Å². The monoisotopic (exact) mass is 182 g/mol. The Morgan fingerprint density at radius 1 is 1.31 bits per heavy atom. The SMILES string of the molecule is Cc1nnc(NCC(C)O)nc1C. The number of hydrogen-bond acceptors (Lipinski definition) is 5. The van der Waals surface area contributed by atoms with E-state index < -0.39 is 6.10 Å². The zero-order chi connectivity index (χ0) is 9.84. The molecule has 1 rings (SSSR count). The van der Waals surface area contributed by atoms with E-state index in [4.69, 9.17) is 5.11 Å². The van der Waals surface area contributed by atoms with Crippen molar-refractivity contribution in [3.63, 3.8) is 0 Å². The molecule has 1 atom stereocenters. The topological polar surface area (TPSA) is 70.9 Å². The van der Waals surface area contributed by atoms with Crippen molar-refractivity contribution in [2.45, 2.75) is 26.9 Å². The molecule has 5 nitrogen and oxygen atoms in total. The van der Waals surface area contributed by atoms with E-state index in [-0.39, 0.29) is 0 Å². The highest BCUT2D eigenvalue weighted by Crippen LogP contribution is 2.01. The van der Waals surface area contributed by atoms with E-state index in [1.807, 2.05) is 13.8 Å². The van der Waals surface area contributed by atoms with Gasteiger partial charge in [0.15, 0.2) is 0 Å². The van der Waals surface area contributed by atoms with Crippen LogP contribution < -0.4 is 5.32 Å². The summed E-state index contributed by atoms with van der Waals surface area (Å²) >= 11 is 0. The second-order valence-electron chi connectivity index (χ2n) is 3.04. The summed E-state index contributed by atoms with van der Waals surface area (Å²) < 4.78 is 0. The number of nitrogens with zero attached hydrogens (tertiary/aromatic N) is 3. The zero-order valence-electron chi connectivity index (χ0n) is 8.07. The standard InChI is InChI=1S/C8H14N4O/c1-5(13)4-9-8-10-6(2)7(3)11-12-8/h5,13H,4H2,1-3H3,(H,9,10,12). The van der Waals surface area contributed by atoms with Crippen molar-refractivity contribution in [3.8, 4) is 0 Å². The van der Waals surface area contributed by atoms with E-state index in [0.29, 0.717) is 12.5 Å². The maximum atomic E-state index is 9.00. The maximum absolute atomic E-state index is 9.00. The molecule has 0 saturated carbocycles. The molecule has 1 heterocycles. The Morgan fingerprint density at radius 2 is 2.00 bits per heavy atom. The summed E-state index contributed by atoms with van der Waals surface area (Å²) in [5.41, 5.74) is 1.67. The van der Waals surface area contributed by atoms with Gasteiger partial charge >= 0.3 is 0 Å². The quantitative estimate of drug-likeness (QED) is 0.702. The third-order valence-corrected chi connectivity index (χ3v) is 1.65. The lowest BCUT2D eigenvalue weighted by molar-refractivity contribution is 0.208. The molecule has 0 aliphatic carbocycles. The highest BCUT2D eigenvalue weighted by molar-refractivity contribution is 5.24. The van der Waals surface area contributed by atoms with Crippen molar-refractivity contribution in [1.29, 1.82) is 0 Å². The Bertz CT molecular complexity index is 287. The van der Waals surface area contributed by atoms with Crippen LogP contribution in [0.3, 0.4) is 0 Å². The third-order valence-electron chi connectivity index (χ3n) is 1.65. The summed E-state index contributed by atoms with van der Waals surface area (Å²) in [5.74, 6) is 0.462. The first-order valence-corrected chi connectivity index (χ1v) is 4.19. The number of aryl methyl sites for hydroxylation is 2. The number of aliphatic hydroxyl groups excluding tert-OH is 1. The Balaban J connectivity index is 2.63. The van der Waals surface area contributed by atoms with E-state index in [2.05, 4.69) is 20.5 Å². The lowest BCUT2D eigenvalue weighted by atomic mass is 10.4.